The summed E-state index contributed by atoms with van der Waals surface area (Å²) in [6.45, 7) is 2.48. The quantitative estimate of drug-likeness (QED) is 0.465. The van der Waals surface area contributed by atoms with Crippen molar-refractivity contribution < 1.29 is 14.3 Å². The third kappa shape index (κ3) is 4.99. The Kier molecular flexibility index (Phi) is 6.84. The topological polar surface area (TPSA) is 60.5 Å². The summed E-state index contributed by atoms with van der Waals surface area (Å²) in [5.74, 6) is 1.20. The molecule has 0 bridgehead atoms. The highest BCUT2D eigenvalue weighted by molar-refractivity contribution is 9.10. The van der Waals surface area contributed by atoms with Crippen LogP contribution >= 0.6 is 27.3 Å². The minimum atomic E-state index is -0.261. The van der Waals surface area contributed by atoms with E-state index < -0.39 is 0 Å². The van der Waals surface area contributed by atoms with Crippen LogP contribution in [0.2, 0.25) is 0 Å². The molecule has 0 saturated heterocycles. The number of nitrogens with zero attached hydrogens (tertiary/aromatic N) is 1. The Balaban J connectivity index is 1.72. The van der Waals surface area contributed by atoms with E-state index in [0.29, 0.717) is 11.7 Å². The van der Waals surface area contributed by atoms with Gasteiger partial charge in [0.15, 0.2) is 5.13 Å². The fraction of sp³-hybridized carbons (Fsp3) is 0.143. The Morgan fingerprint density at radius 2 is 2.07 bits per heavy atom. The number of halogens is 1. The van der Waals surface area contributed by atoms with Crippen LogP contribution in [0.3, 0.4) is 0 Å². The zero-order chi connectivity index (χ0) is 19.9. The number of hydrogen-bond donors (Lipinski definition) is 1. The Morgan fingerprint density at radius 3 is 2.86 bits per heavy atom. The first-order valence-electron chi connectivity index (χ1n) is 8.61. The molecule has 1 aromatic heterocycles. The van der Waals surface area contributed by atoms with Gasteiger partial charge in [-0.3, -0.25) is 10.1 Å². The number of carbonyl (C=O) groups excluding carboxylic acids is 1. The molecule has 144 valence electrons. The van der Waals surface area contributed by atoms with Gasteiger partial charge in [0.05, 0.1) is 19.4 Å². The fourth-order valence-corrected chi connectivity index (χ4v) is 3.65. The van der Waals surface area contributed by atoms with Crippen LogP contribution in [0, 0.1) is 0 Å². The number of nitrogens with one attached hydrogen (secondary N) is 1. The van der Waals surface area contributed by atoms with E-state index in [-0.39, 0.29) is 5.91 Å². The molecule has 1 heterocycles. The molecular formula is C21H19BrN2O3S. The molecule has 5 nitrogen and oxygen atoms in total. The summed E-state index contributed by atoms with van der Waals surface area (Å²) in [6.07, 6.45) is 3.19. The number of para-hydroxylation sites is 1. The minimum absolute atomic E-state index is 0.261. The number of rotatable bonds is 7. The lowest BCUT2D eigenvalue weighted by atomic mass is 10.1. The highest BCUT2D eigenvalue weighted by Gasteiger charge is 2.10. The van der Waals surface area contributed by atoms with Crippen molar-refractivity contribution in [2.24, 2.45) is 0 Å². The average Bonchev–Trinajstić information content (AvgIpc) is 3.16. The second kappa shape index (κ2) is 9.52. The summed E-state index contributed by atoms with van der Waals surface area (Å²) in [6, 6.07) is 13.3. The molecule has 1 N–H and O–H groups in total. The molecule has 3 aromatic rings. The molecule has 0 aliphatic carbocycles. The van der Waals surface area contributed by atoms with Gasteiger partial charge < -0.3 is 9.47 Å². The number of amides is 1. The summed E-state index contributed by atoms with van der Waals surface area (Å²) >= 11 is 4.80. The van der Waals surface area contributed by atoms with Gasteiger partial charge in [-0.05, 0) is 43.3 Å². The molecule has 3 rings (SSSR count). The van der Waals surface area contributed by atoms with Crippen LogP contribution in [0.4, 0.5) is 5.13 Å². The summed E-state index contributed by atoms with van der Waals surface area (Å²) in [7, 11) is 1.62. The monoisotopic (exact) mass is 458 g/mol. The molecule has 0 radical (unpaired) electrons. The zero-order valence-electron chi connectivity index (χ0n) is 15.4. The summed E-state index contributed by atoms with van der Waals surface area (Å²) in [4.78, 5) is 16.8. The van der Waals surface area contributed by atoms with Gasteiger partial charge >= 0.3 is 0 Å². The molecule has 7 heteroatoms. The fourth-order valence-electron chi connectivity index (χ4n) is 2.56. The van der Waals surface area contributed by atoms with E-state index >= 15 is 0 Å². The number of methoxy groups -OCH3 is 1. The van der Waals surface area contributed by atoms with Gasteiger partial charge in [0.1, 0.15) is 11.5 Å². The Morgan fingerprint density at radius 1 is 1.25 bits per heavy atom. The normalized spacial score (nSPS) is 10.8. The second-order valence-corrected chi connectivity index (χ2v) is 7.45. The first-order valence-corrected chi connectivity index (χ1v) is 10.3. The Hall–Kier alpha value is -2.64. The van der Waals surface area contributed by atoms with E-state index in [4.69, 9.17) is 9.47 Å². The molecule has 28 heavy (non-hydrogen) atoms. The third-order valence-electron chi connectivity index (χ3n) is 3.80. The number of thiazole rings is 1. The van der Waals surface area contributed by atoms with Crippen molar-refractivity contribution in [1.29, 1.82) is 0 Å². The van der Waals surface area contributed by atoms with Gasteiger partial charge in [-0.1, -0.05) is 28.1 Å². The SMILES string of the molecule is CCOc1ccc(Br)cc1/C=C/C(=O)Nc1nc(-c2ccccc2OC)cs1. The summed E-state index contributed by atoms with van der Waals surface area (Å²) in [5, 5.41) is 5.20. The van der Waals surface area contributed by atoms with Crippen LogP contribution < -0.4 is 14.8 Å². The Labute approximate surface area is 176 Å². The van der Waals surface area contributed by atoms with Crippen molar-refractivity contribution in [1.82, 2.24) is 4.98 Å². The number of carbonyl (C=O) groups is 1. The largest absolute Gasteiger partial charge is 0.496 e. The number of aromatic nitrogens is 1. The van der Waals surface area contributed by atoms with Crippen LogP contribution in [0.1, 0.15) is 12.5 Å². The van der Waals surface area contributed by atoms with E-state index in [1.54, 1.807) is 13.2 Å². The average molecular weight is 459 g/mol. The van der Waals surface area contributed by atoms with Gasteiger partial charge in [0.25, 0.3) is 0 Å². The molecular weight excluding hydrogens is 440 g/mol. The zero-order valence-corrected chi connectivity index (χ0v) is 17.8. The number of anilines is 1. The molecule has 1 amide bonds. The van der Waals surface area contributed by atoms with Crippen LogP contribution in [0.25, 0.3) is 17.3 Å². The van der Waals surface area contributed by atoms with E-state index in [2.05, 4.69) is 26.2 Å². The third-order valence-corrected chi connectivity index (χ3v) is 5.05. The molecule has 0 fully saturated rings. The predicted octanol–water partition coefficient (Wildman–Crippen LogP) is 5.63. The molecule has 0 spiro atoms. The molecule has 2 aromatic carbocycles. The van der Waals surface area contributed by atoms with E-state index in [1.807, 2.05) is 54.8 Å². The van der Waals surface area contributed by atoms with Crippen molar-refractivity contribution in [3.8, 4) is 22.8 Å². The van der Waals surface area contributed by atoms with Crippen LogP contribution in [0.5, 0.6) is 11.5 Å². The second-order valence-electron chi connectivity index (χ2n) is 5.68. The maximum atomic E-state index is 12.3. The standard InChI is InChI=1S/C21H19BrN2O3S/c1-3-27-18-10-9-15(22)12-14(18)8-11-20(25)24-21-23-17(13-28-21)16-6-4-5-7-19(16)26-2/h4-13H,3H2,1-2H3,(H,23,24,25)/b11-8+. The smallest absolute Gasteiger partial charge is 0.250 e. The number of ether oxygens (including phenoxy) is 2. The summed E-state index contributed by atoms with van der Waals surface area (Å²) in [5.41, 5.74) is 2.46. The van der Waals surface area contributed by atoms with Crippen molar-refractivity contribution >= 4 is 44.4 Å². The maximum absolute atomic E-state index is 12.3. The predicted molar refractivity (Wildman–Crippen MR) is 117 cm³/mol. The maximum Gasteiger partial charge on any atom is 0.250 e. The molecule has 0 atom stereocenters. The first-order chi connectivity index (χ1) is 13.6. The molecule has 0 aliphatic rings. The van der Waals surface area contributed by atoms with Crippen molar-refractivity contribution in [2.75, 3.05) is 19.0 Å². The van der Waals surface area contributed by atoms with Gasteiger partial charge in [0, 0.05) is 27.1 Å². The minimum Gasteiger partial charge on any atom is -0.496 e. The Bertz CT molecular complexity index is 1000. The molecule has 0 aliphatic heterocycles. The highest BCUT2D eigenvalue weighted by Crippen LogP contribution is 2.32. The lowest BCUT2D eigenvalue weighted by molar-refractivity contribution is -0.111. The lowest BCUT2D eigenvalue weighted by Crippen LogP contribution is -2.07. The van der Waals surface area contributed by atoms with Gasteiger partial charge in [-0.15, -0.1) is 11.3 Å². The highest BCUT2D eigenvalue weighted by atomic mass is 79.9. The van der Waals surface area contributed by atoms with Gasteiger partial charge in [0.2, 0.25) is 5.91 Å². The molecule has 0 saturated carbocycles. The van der Waals surface area contributed by atoms with Crippen molar-refractivity contribution in [3.05, 3.63) is 64.0 Å². The lowest BCUT2D eigenvalue weighted by Gasteiger charge is -2.07. The number of benzene rings is 2. The van der Waals surface area contributed by atoms with Crippen LogP contribution in [-0.4, -0.2) is 24.6 Å². The van der Waals surface area contributed by atoms with Crippen LogP contribution in [-0.2, 0) is 4.79 Å². The number of hydrogen-bond acceptors (Lipinski definition) is 5. The van der Waals surface area contributed by atoms with Gasteiger partial charge in [-0.2, -0.15) is 0 Å². The van der Waals surface area contributed by atoms with Crippen molar-refractivity contribution in [2.45, 2.75) is 6.92 Å². The molecule has 0 unspecified atom stereocenters. The van der Waals surface area contributed by atoms with E-state index in [0.717, 1.165) is 32.8 Å². The van der Waals surface area contributed by atoms with Crippen LogP contribution in [0.15, 0.2) is 58.4 Å². The first kappa shape index (κ1) is 20.1. The van der Waals surface area contributed by atoms with E-state index in [1.165, 1.54) is 17.4 Å². The van der Waals surface area contributed by atoms with Crippen molar-refractivity contribution in [3.63, 3.8) is 0 Å². The van der Waals surface area contributed by atoms with E-state index in [9.17, 15) is 4.79 Å². The summed E-state index contributed by atoms with van der Waals surface area (Å²) < 4.78 is 11.9. The van der Waals surface area contributed by atoms with Gasteiger partial charge in [-0.25, -0.2) is 4.98 Å².